The quantitative estimate of drug-likeness (QED) is 0.917. The number of aromatic nitrogens is 2. The van der Waals surface area contributed by atoms with Crippen molar-refractivity contribution in [2.24, 2.45) is 7.05 Å². The van der Waals surface area contributed by atoms with Gasteiger partial charge in [-0.15, -0.1) is 11.3 Å². The maximum absolute atomic E-state index is 11.2. The number of rotatable bonds is 5. The Labute approximate surface area is 125 Å². The molecule has 0 saturated heterocycles. The van der Waals surface area contributed by atoms with E-state index in [-0.39, 0.29) is 17.4 Å². The highest BCUT2D eigenvalue weighted by molar-refractivity contribution is 7.14. The fourth-order valence-electron chi connectivity index (χ4n) is 1.63. The van der Waals surface area contributed by atoms with Crippen molar-refractivity contribution in [1.29, 1.82) is 0 Å². The van der Waals surface area contributed by atoms with Crippen molar-refractivity contribution < 1.29 is 14.6 Å². The zero-order valence-electron chi connectivity index (χ0n) is 11.4. The average Bonchev–Trinajstić information content (AvgIpc) is 2.94. The molecule has 0 aliphatic carbocycles. The lowest BCUT2D eigenvalue weighted by Gasteiger charge is -2.05. The first-order valence-corrected chi connectivity index (χ1v) is 7.25. The minimum atomic E-state index is -0.977. The maximum Gasteiger partial charge on any atom is 0.349 e. The van der Waals surface area contributed by atoms with Gasteiger partial charge in [-0.3, -0.25) is 0 Å². The molecule has 2 aromatic rings. The van der Waals surface area contributed by atoms with Crippen LogP contribution in [0.15, 0.2) is 12.3 Å². The number of halogens is 1. The van der Waals surface area contributed by atoms with Crippen LogP contribution in [0.1, 0.15) is 40.1 Å². The molecule has 0 saturated carbocycles. The van der Waals surface area contributed by atoms with Gasteiger partial charge in [0.15, 0.2) is 4.88 Å². The van der Waals surface area contributed by atoms with Gasteiger partial charge in [0, 0.05) is 11.9 Å². The van der Waals surface area contributed by atoms with Crippen LogP contribution in [0.3, 0.4) is 0 Å². The lowest BCUT2D eigenvalue weighted by molar-refractivity contribution is 0.0697. The van der Waals surface area contributed by atoms with Gasteiger partial charge in [-0.1, -0.05) is 25.4 Å². The Hall–Kier alpha value is -1.53. The van der Waals surface area contributed by atoms with Gasteiger partial charge < -0.3 is 14.4 Å². The molecule has 0 bridgehead atoms. The molecule has 0 amide bonds. The number of ether oxygens (including phenoxy) is 1. The number of carboxylic acid groups (broad SMARTS) is 1. The Balaban J connectivity index is 2.20. The molecule has 20 heavy (non-hydrogen) atoms. The third kappa shape index (κ3) is 2.96. The second-order valence-corrected chi connectivity index (χ2v) is 6.12. The second-order valence-electron chi connectivity index (χ2n) is 4.65. The van der Waals surface area contributed by atoms with Crippen molar-refractivity contribution in [3.63, 3.8) is 0 Å². The zero-order chi connectivity index (χ0) is 14.9. The molecule has 0 aliphatic heterocycles. The molecular formula is C13H15ClN2O3S. The van der Waals surface area contributed by atoms with Gasteiger partial charge in [-0.05, 0) is 12.0 Å². The Bertz CT molecular complexity index is 634. The van der Waals surface area contributed by atoms with Gasteiger partial charge >= 0.3 is 5.97 Å². The van der Waals surface area contributed by atoms with E-state index in [4.69, 9.17) is 16.3 Å². The number of hydrogen-bond acceptors (Lipinski definition) is 4. The van der Waals surface area contributed by atoms with Crippen LogP contribution in [0.25, 0.3) is 0 Å². The highest BCUT2D eigenvalue weighted by Gasteiger charge is 2.19. The van der Waals surface area contributed by atoms with E-state index in [1.807, 2.05) is 13.8 Å². The van der Waals surface area contributed by atoms with Gasteiger partial charge in [0.05, 0.1) is 6.20 Å². The maximum atomic E-state index is 11.2. The van der Waals surface area contributed by atoms with E-state index in [1.54, 1.807) is 17.7 Å². The standard InChI is InChI=1S/C13H15ClN2O3S/c1-7(2)9-4-8(12(20-9)13(17)18)19-6-11-15-5-10(14)16(11)3/h4-5,7H,6H2,1-3H3,(H,17,18). The summed E-state index contributed by atoms with van der Waals surface area (Å²) in [5.74, 6) is 0.307. The number of carbonyl (C=O) groups is 1. The van der Waals surface area contributed by atoms with E-state index in [0.29, 0.717) is 16.7 Å². The molecule has 2 heterocycles. The topological polar surface area (TPSA) is 64.4 Å². The van der Waals surface area contributed by atoms with Crippen molar-refractivity contribution in [2.75, 3.05) is 0 Å². The highest BCUT2D eigenvalue weighted by Crippen LogP contribution is 2.34. The number of nitrogens with zero attached hydrogens (tertiary/aromatic N) is 2. The third-order valence-electron chi connectivity index (χ3n) is 2.86. The number of carboxylic acids is 1. The molecule has 7 heteroatoms. The number of thiophene rings is 1. The fourth-order valence-corrected chi connectivity index (χ4v) is 2.72. The number of hydrogen-bond donors (Lipinski definition) is 1. The Morgan fingerprint density at radius 1 is 1.60 bits per heavy atom. The van der Waals surface area contributed by atoms with Crippen LogP contribution < -0.4 is 4.74 Å². The van der Waals surface area contributed by atoms with E-state index < -0.39 is 5.97 Å². The van der Waals surface area contributed by atoms with Crippen molar-refractivity contribution in [3.8, 4) is 5.75 Å². The summed E-state index contributed by atoms with van der Waals surface area (Å²) in [5, 5.41) is 9.71. The molecule has 108 valence electrons. The third-order valence-corrected chi connectivity index (χ3v) is 4.62. The molecule has 0 spiro atoms. The van der Waals surface area contributed by atoms with E-state index in [0.717, 1.165) is 4.88 Å². The molecule has 1 N–H and O–H groups in total. The molecule has 0 atom stereocenters. The molecule has 0 unspecified atom stereocenters. The second kappa shape index (κ2) is 5.85. The van der Waals surface area contributed by atoms with Crippen LogP contribution in [0, 0.1) is 0 Å². The first-order valence-electron chi connectivity index (χ1n) is 6.06. The Kier molecular flexibility index (Phi) is 4.35. The summed E-state index contributed by atoms with van der Waals surface area (Å²) < 4.78 is 7.29. The predicted octanol–water partition coefficient (Wildman–Crippen LogP) is 3.54. The van der Waals surface area contributed by atoms with Crippen LogP contribution in [0.4, 0.5) is 0 Å². The predicted molar refractivity (Wildman–Crippen MR) is 77.9 cm³/mol. The smallest absolute Gasteiger partial charge is 0.349 e. The van der Waals surface area contributed by atoms with Crippen LogP contribution in [-0.4, -0.2) is 20.6 Å². The summed E-state index contributed by atoms with van der Waals surface area (Å²) in [6.45, 7) is 4.21. The largest absolute Gasteiger partial charge is 0.484 e. The van der Waals surface area contributed by atoms with Crippen molar-refractivity contribution in [3.05, 3.63) is 33.0 Å². The molecule has 0 fully saturated rings. The Morgan fingerprint density at radius 3 is 2.80 bits per heavy atom. The summed E-state index contributed by atoms with van der Waals surface area (Å²) in [4.78, 5) is 16.5. The zero-order valence-corrected chi connectivity index (χ0v) is 13.0. The minimum absolute atomic E-state index is 0.178. The SMILES string of the molecule is CC(C)c1cc(OCc2ncc(Cl)n2C)c(C(=O)O)s1. The summed E-state index contributed by atoms with van der Waals surface area (Å²) in [6, 6.07) is 1.78. The first-order chi connectivity index (χ1) is 9.40. The lowest BCUT2D eigenvalue weighted by atomic mass is 10.2. The molecule has 0 aliphatic rings. The van der Waals surface area contributed by atoms with E-state index in [2.05, 4.69) is 4.98 Å². The fraction of sp³-hybridized carbons (Fsp3) is 0.385. The van der Waals surface area contributed by atoms with E-state index in [1.165, 1.54) is 17.5 Å². The number of aromatic carboxylic acids is 1. The summed E-state index contributed by atoms with van der Waals surface area (Å²) >= 11 is 7.13. The van der Waals surface area contributed by atoms with E-state index >= 15 is 0 Å². The van der Waals surface area contributed by atoms with Crippen molar-refractivity contribution >= 4 is 28.9 Å². The average molecular weight is 315 g/mol. The molecular weight excluding hydrogens is 300 g/mol. The van der Waals surface area contributed by atoms with Crippen LogP contribution in [0.2, 0.25) is 5.15 Å². The van der Waals surface area contributed by atoms with Gasteiger partial charge in [0.2, 0.25) is 0 Å². The highest BCUT2D eigenvalue weighted by atomic mass is 35.5. The van der Waals surface area contributed by atoms with Crippen LogP contribution >= 0.6 is 22.9 Å². The molecule has 2 aromatic heterocycles. The summed E-state index contributed by atoms with van der Waals surface area (Å²) in [6.07, 6.45) is 1.53. The Morgan fingerprint density at radius 2 is 2.30 bits per heavy atom. The molecule has 0 aromatic carbocycles. The molecule has 2 rings (SSSR count). The van der Waals surface area contributed by atoms with Gasteiger partial charge in [0.1, 0.15) is 23.3 Å². The number of imidazole rings is 1. The summed E-state index contributed by atoms with van der Waals surface area (Å²) in [5.41, 5.74) is 0. The van der Waals surface area contributed by atoms with E-state index in [9.17, 15) is 9.90 Å². The van der Waals surface area contributed by atoms with Crippen LogP contribution in [-0.2, 0) is 13.7 Å². The molecule has 0 radical (unpaired) electrons. The summed E-state index contributed by atoms with van der Waals surface area (Å²) in [7, 11) is 1.78. The van der Waals surface area contributed by atoms with Crippen molar-refractivity contribution in [1.82, 2.24) is 9.55 Å². The van der Waals surface area contributed by atoms with Gasteiger partial charge in [-0.2, -0.15) is 0 Å². The minimum Gasteiger partial charge on any atom is -0.484 e. The monoisotopic (exact) mass is 314 g/mol. The first kappa shape index (κ1) is 14.9. The molecule has 5 nitrogen and oxygen atoms in total. The normalized spacial score (nSPS) is 11.1. The lowest BCUT2D eigenvalue weighted by Crippen LogP contribution is -2.05. The van der Waals surface area contributed by atoms with Gasteiger partial charge in [-0.25, -0.2) is 9.78 Å². The van der Waals surface area contributed by atoms with Crippen LogP contribution in [0.5, 0.6) is 5.75 Å². The van der Waals surface area contributed by atoms with Crippen molar-refractivity contribution in [2.45, 2.75) is 26.4 Å². The van der Waals surface area contributed by atoms with Gasteiger partial charge in [0.25, 0.3) is 0 Å².